The lowest BCUT2D eigenvalue weighted by Crippen LogP contribution is -2.34. The van der Waals surface area contributed by atoms with Gasteiger partial charge in [0, 0.05) is 46.1 Å². The van der Waals surface area contributed by atoms with Gasteiger partial charge in [0.1, 0.15) is 70.9 Å². The molecule has 0 aliphatic rings. The van der Waals surface area contributed by atoms with Gasteiger partial charge in [0.05, 0.1) is 125 Å². The fourth-order valence-corrected chi connectivity index (χ4v) is 19.8. The molecule has 35 nitrogen and oxygen atoms in total. The summed E-state index contributed by atoms with van der Waals surface area (Å²) in [7, 11) is -13.8. The summed E-state index contributed by atoms with van der Waals surface area (Å²) < 4.78 is 362. The highest BCUT2D eigenvalue weighted by atomic mass is 79.9. The normalized spacial score (nSPS) is 12.0. The van der Waals surface area contributed by atoms with E-state index in [1.54, 1.807) is 0 Å². The van der Waals surface area contributed by atoms with Crippen LogP contribution in [0.5, 0.6) is 5.75 Å². The number of benzene rings is 8. The SMILES string of the molecule is C.C.COCN(c1cc(Cl)cnc1Br)S(=O)(=O)c1cccc(C(F)(F)F)c1.COCN(c1cc(Cl)cnc1C(=O)c1c(F)ccc2[nH]c(=O)oc12)S(=O)(=O)c1cccc(C(F)(F)F)c1.COCN(c1cc(Cl)cnc1C(O)c1c(F)ccc2[nH]c(=O)oc12)S(=O)(=O)c1cccc(C(F)(F)F)c1.COc1c(F)ccc2[nH]c(=O)oc12.Cl.O=C(c1ncc(Cl)cc1NS(=O)(=O)c1cccc(C(F)(F)F)c1)c1c(F)ccc2[nH]c(=O)oc12. The second kappa shape index (κ2) is 47.4. The summed E-state index contributed by atoms with van der Waals surface area (Å²) in [6.07, 6.45) is -16.9. The van der Waals surface area contributed by atoms with E-state index in [-0.39, 0.29) is 91.1 Å². The van der Waals surface area contributed by atoms with Crippen LogP contribution in [0.3, 0.4) is 0 Å². The second-order valence-electron chi connectivity index (χ2n) is 29.1. The Morgan fingerprint density at radius 3 is 1.14 bits per heavy atom. The van der Waals surface area contributed by atoms with E-state index < -0.39 is 253 Å². The molecule has 16 aromatic rings. The minimum atomic E-state index is -4.84. The Morgan fingerprint density at radius 1 is 0.416 bits per heavy atom. The first-order chi connectivity index (χ1) is 68.3. The Labute approximate surface area is 861 Å². The van der Waals surface area contributed by atoms with Crippen molar-refractivity contribution in [1.82, 2.24) is 39.9 Å². The molecule has 0 aliphatic heterocycles. The van der Waals surface area contributed by atoms with Crippen LogP contribution in [0.15, 0.2) is 256 Å². The first-order valence-corrected chi connectivity index (χ1v) is 47.6. The zero-order chi connectivity index (χ0) is 107. The summed E-state index contributed by atoms with van der Waals surface area (Å²) in [5, 5.41) is 10.9. The molecule has 0 amide bonds. The second-order valence-corrected chi connectivity index (χ2v) is 38.9. The van der Waals surface area contributed by atoms with E-state index in [0.29, 0.717) is 56.6 Å². The van der Waals surface area contributed by atoms with E-state index in [1.165, 1.54) is 44.7 Å². The Morgan fingerprint density at radius 2 is 0.732 bits per heavy atom. The number of halogens is 22. The monoisotopic (exact) mass is 2340 g/mol. The van der Waals surface area contributed by atoms with Gasteiger partial charge in [-0.1, -0.05) is 85.5 Å². The number of aromatic nitrogens is 8. The van der Waals surface area contributed by atoms with Crippen molar-refractivity contribution < 1.29 is 155 Å². The molecule has 61 heteroatoms. The summed E-state index contributed by atoms with van der Waals surface area (Å²) in [6.45, 7) is -1.97. The number of ether oxygens (including phenoxy) is 4. The standard InChI is InChI=1S/C22H16ClF4N3O6S.C22H14ClF4N3O6S.C20H10ClF4N3O5S.C14H11BrClF3N2O3S.C8H6FNO3.2CH4.ClH/c2*1-35-10-30(37(33,34)13-4-2-3-11(7-13)22(25,26)27)16-8-12(23)9-28-18(16)19(31)17-14(24)5-6-15-20(17)36-21(32)29-15;21-10-7-14(28-34(31,32)11-3-1-2-9(6-11)20(23,24)25)16(26-8-10)17(29)15-12(22)4-5-13-18(15)33-19(30)27-13;1-24-8-21(12-6-10(16)7-20-13(12)15)25(22,23)11-4-2-3-9(5-11)14(17,18)19;1-12-6-4(9)2-3-5-7(6)13-8(11)10-5;;;/h2-9,19,31H,10H2,1H3,(H,29,32);2-9H,10H2,1H3,(H,29,32);1-8,28H,(H,27,30);2-7H,8H2,1H3;2-3H,1H3,(H,10,11);2*1H4;1H. The third kappa shape index (κ3) is 26.7. The Balaban J connectivity index is 0.000000212. The van der Waals surface area contributed by atoms with Crippen LogP contribution in [0.1, 0.15) is 86.6 Å². The molecule has 8 aromatic heterocycles. The molecule has 1 unspecified atom stereocenters. The summed E-state index contributed by atoms with van der Waals surface area (Å²) in [4.78, 5) is 94.0. The maximum Gasteiger partial charge on any atom is 0.417 e. The lowest BCUT2D eigenvalue weighted by atomic mass is 10.0. The fraction of sp³-hybridized carbons (Fsp3) is 0.159. The van der Waals surface area contributed by atoms with Gasteiger partial charge in [0.2, 0.25) is 17.1 Å². The number of carbonyl (C=O) groups excluding carboxylic acids is 2. The van der Waals surface area contributed by atoms with Gasteiger partial charge in [-0.2, -0.15) is 52.7 Å². The van der Waals surface area contributed by atoms with Crippen molar-refractivity contribution in [3.63, 3.8) is 0 Å². The molecule has 0 fully saturated rings. The van der Waals surface area contributed by atoms with Gasteiger partial charge in [-0.05, 0) is 162 Å². The molecule has 1 atom stereocenters. The highest BCUT2D eigenvalue weighted by Gasteiger charge is 2.41. The van der Waals surface area contributed by atoms with Crippen LogP contribution in [-0.4, -0.2) is 139 Å². The molecule has 0 aliphatic carbocycles. The van der Waals surface area contributed by atoms with Crippen LogP contribution in [-0.2, 0) is 79.0 Å². The number of alkyl halides is 12. The largest absolute Gasteiger partial charge is 0.490 e. The number of anilines is 4. The Hall–Kier alpha value is -13.8. The molecule has 8 aromatic carbocycles. The molecule has 16 rings (SSSR count). The topological polar surface area (TPSA) is 485 Å². The van der Waals surface area contributed by atoms with Crippen LogP contribution in [0.4, 0.5) is 93.0 Å². The lowest BCUT2D eigenvalue weighted by Gasteiger charge is -2.27. The number of rotatable bonds is 25. The van der Waals surface area contributed by atoms with Gasteiger partial charge in [-0.3, -0.25) is 39.2 Å². The average molecular weight is 2350 g/mol. The van der Waals surface area contributed by atoms with Crippen LogP contribution < -0.4 is 45.4 Å². The van der Waals surface area contributed by atoms with Gasteiger partial charge >= 0.3 is 47.7 Å². The fourth-order valence-electron chi connectivity index (χ4n) is 13.2. The van der Waals surface area contributed by atoms with Crippen molar-refractivity contribution >= 4 is 194 Å². The molecule has 8 heterocycles. The van der Waals surface area contributed by atoms with Crippen molar-refractivity contribution in [3.8, 4) is 5.75 Å². The highest BCUT2D eigenvalue weighted by Crippen LogP contribution is 2.43. The number of pyridine rings is 4. The van der Waals surface area contributed by atoms with Crippen molar-refractivity contribution in [3.05, 3.63) is 341 Å². The minimum absolute atomic E-state index is 0. The van der Waals surface area contributed by atoms with Crippen LogP contribution in [0.25, 0.3) is 44.4 Å². The summed E-state index contributed by atoms with van der Waals surface area (Å²) in [5.41, 5.74) is -10.6. The third-order valence-electron chi connectivity index (χ3n) is 19.6. The zero-order valence-electron chi connectivity index (χ0n) is 73.2. The van der Waals surface area contributed by atoms with Crippen LogP contribution in [0, 0.1) is 23.3 Å². The van der Waals surface area contributed by atoms with Crippen molar-refractivity contribution in [2.45, 2.75) is 65.2 Å². The quantitative estimate of drug-likeness (QED) is 0.0134. The summed E-state index contributed by atoms with van der Waals surface area (Å²) in [6, 6.07) is 25.4. The number of methoxy groups -OCH3 is 4. The molecule has 0 saturated heterocycles. The minimum Gasteiger partial charge on any atom is -0.490 e. The lowest BCUT2D eigenvalue weighted by molar-refractivity contribution is -0.138. The number of hydrogen-bond donors (Lipinski definition) is 6. The Bertz CT molecular complexity index is 8500. The van der Waals surface area contributed by atoms with Gasteiger partial charge in [0.25, 0.3) is 40.1 Å². The van der Waals surface area contributed by atoms with Gasteiger partial charge in [-0.15, -0.1) is 12.4 Å². The molecular weight excluding hydrogens is 2280 g/mol. The van der Waals surface area contributed by atoms with E-state index in [9.17, 15) is 138 Å². The van der Waals surface area contributed by atoms with Crippen molar-refractivity contribution in [2.75, 3.05) is 66.3 Å². The maximum atomic E-state index is 14.8. The number of aliphatic hydroxyl groups is 1. The Kier molecular flexibility index (Phi) is 37.8. The molecule has 0 saturated carbocycles. The summed E-state index contributed by atoms with van der Waals surface area (Å²) >= 11 is 26.8. The number of nitrogens with one attached hydrogen (secondary N) is 5. The van der Waals surface area contributed by atoms with Crippen LogP contribution >= 0.6 is 74.7 Å². The zero-order valence-corrected chi connectivity index (χ0v) is 81.9. The predicted octanol–water partition coefficient (Wildman–Crippen LogP) is 20.2. The molecule has 794 valence electrons. The first kappa shape index (κ1) is 119. The summed E-state index contributed by atoms with van der Waals surface area (Å²) in [5.74, 6) is -9.72. The van der Waals surface area contributed by atoms with E-state index in [4.69, 9.17) is 83.0 Å². The number of fused-ring (bicyclic) bond motifs is 4. The number of aromatic amines is 4. The van der Waals surface area contributed by atoms with Crippen molar-refractivity contribution in [2.24, 2.45) is 0 Å². The number of nitrogens with zero attached hydrogens (tertiary/aromatic N) is 7. The van der Waals surface area contributed by atoms with Gasteiger partial charge in [-0.25, -0.2) is 98.3 Å². The number of hydrogen-bond acceptors (Lipinski definition) is 27. The van der Waals surface area contributed by atoms with E-state index in [0.717, 1.165) is 140 Å². The molecular formula is C88H66BrCl5F16N12O23S4. The van der Waals surface area contributed by atoms with Gasteiger partial charge < -0.3 is 41.7 Å². The number of aliphatic hydroxyl groups excluding tert-OH is 1. The van der Waals surface area contributed by atoms with Crippen LogP contribution in [0.2, 0.25) is 20.1 Å². The van der Waals surface area contributed by atoms with Crippen molar-refractivity contribution in [1.29, 1.82) is 0 Å². The molecule has 0 spiro atoms. The maximum absolute atomic E-state index is 14.8. The number of sulfonamides is 4. The highest BCUT2D eigenvalue weighted by molar-refractivity contribution is 9.10. The average Bonchev–Trinajstić information content (AvgIpc) is 1.67. The molecule has 149 heavy (non-hydrogen) atoms. The van der Waals surface area contributed by atoms with E-state index in [1.807, 2.05) is 4.72 Å². The predicted molar refractivity (Wildman–Crippen MR) is 511 cm³/mol. The number of carbonyl (C=O) groups is 2. The van der Waals surface area contributed by atoms with E-state index >= 15 is 0 Å². The third-order valence-corrected chi connectivity index (χ3v) is 27.6. The van der Waals surface area contributed by atoms with Gasteiger partial charge in [0.15, 0.2) is 28.3 Å². The number of oxazole rings is 4. The molecule has 0 bridgehead atoms. The molecule has 6 N–H and O–H groups in total. The first-order valence-electron chi connectivity index (χ1n) is 39.5. The van der Waals surface area contributed by atoms with E-state index in [2.05, 4.69) is 55.8 Å². The number of ketones is 2. The molecule has 0 radical (unpaired) electrons. The number of H-pyrrole nitrogens is 4. The smallest absolute Gasteiger partial charge is 0.417 e.